The highest BCUT2D eigenvalue weighted by atomic mass is 19.4. The number of halogens is 3. The smallest absolute Gasteiger partial charge is 0.406 e. The summed E-state index contributed by atoms with van der Waals surface area (Å²) in [5, 5.41) is 8.15. The van der Waals surface area contributed by atoms with Gasteiger partial charge in [0.25, 0.3) is 0 Å². The molecule has 0 bridgehead atoms. The Bertz CT molecular complexity index is 886. The van der Waals surface area contributed by atoms with Crippen molar-refractivity contribution in [2.75, 3.05) is 0 Å². The first-order valence-corrected chi connectivity index (χ1v) is 7.38. The molecule has 1 heterocycles. The van der Waals surface area contributed by atoms with E-state index < -0.39 is 6.36 Å². The Hall–Kier alpha value is -3.36. The van der Waals surface area contributed by atoms with Crippen LogP contribution in [0.4, 0.5) is 13.2 Å². The lowest BCUT2D eigenvalue weighted by Gasteiger charge is -2.09. The molecule has 133 valence electrons. The predicted octanol–water partition coefficient (Wildman–Crippen LogP) is 3.55. The van der Waals surface area contributed by atoms with E-state index in [0.717, 1.165) is 11.1 Å². The molecule has 0 aliphatic heterocycles. The predicted molar refractivity (Wildman–Crippen MR) is 89.6 cm³/mol. The fourth-order valence-corrected chi connectivity index (χ4v) is 2.16. The van der Waals surface area contributed by atoms with E-state index in [0.29, 0.717) is 11.5 Å². The summed E-state index contributed by atoms with van der Waals surface area (Å²) in [6, 6.07) is 12.7. The Kier molecular flexibility index (Phi) is 4.87. The molecule has 9 heteroatoms. The molecule has 1 aromatic heterocycles. The summed E-state index contributed by atoms with van der Waals surface area (Å²) in [4.78, 5) is 4.22. The van der Waals surface area contributed by atoms with Gasteiger partial charge in [-0.15, -0.1) is 18.3 Å². The number of benzene rings is 2. The molecule has 0 saturated carbocycles. The van der Waals surface area contributed by atoms with E-state index in [1.807, 2.05) is 24.3 Å². The Morgan fingerprint density at radius 3 is 2.38 bits per heavy atom. The number of alkyl halides is 3. The second kappa shape index (κ2) is 7.26. The van der Waals surface area contributed by atoms with E-state index in [4.69, 9.17) is 0 Å². The highest BCUT2D eigenvalue weighted by Crippen LogP contribution is 2.24. The molecule has 6 nitrogen and oxygen atoms in total. The largest absolute Gasteiger partial charge is 0.573 e. The van der Waals surface area contributed by atoms with Crippen molar-refractivity contribution in [1.29, 1.82) is 0 Å². The fourth-order valence-electron chi connectivity index (χ4n) is 2.16. The lowest BCUT2D eigenvalue weighted by atomic mass is 10.1. The van der Waals surface area contributed by atoms with Crippen LogP contribution in [0.25, 0.3) is 17.1 Å². The van der Waals surface area contributed by atoms with Crippen molar-refractivity contribution >= 4 is 6.21 Å². The molecule has 0 spiro atoms. The Labute approximate surface area is 146 Å². The molecule has 1 radical (unpaired) electrons. The van der Waals surface area contributed by atoms with Crippen molar-refractivity contribution in [2.24, 2.45) is 5.10 Å². The summed E-state index contributed by atoms with van der Waals surface area (Å²) >= 11 is 0. The van der Waals surface area contributed by atoms with Gasteiger partial charge in [-0.3, -0.25) is 0 Å². The highest BCUT2D eigenvalue weighted by molar-refractivity contribution is 5.80. The third-order valence-corrected chi connectivity index (χ3v) is 3.30. The maximum Gasteiger partial charge on any atom is 0.573 e. The average Bonchev–Trinajstić information content (AvgIpc) is 3.10. The van der Waals surface area contributed by atoms with E-state index in [1.165, 1.54) is 35.3 Å². The van der Waals surface area contributed by atoms with E-state index in [2.05, 4.69) is 32.4 Å². The quantitative estimate of drug-likeness (QED) is 0.558. The topological polar surface area (TPSA) is 64.3 Å². The second-order valence-corrected chi connectivity index (χ2v) is 5.09. The normalized spacial score (nSPS) is 11.7. The SMILES string of the molecule is [CH2]N/N=C/c1ccc(-c2ncn(-c3ccc(OC(F)(F)F)cc3)n2)cc1. The number of hydrogen-bond donors (Lipinski definition) is 1. The van der Waals surface area contributed by atoms with Crippen LogP contribution in [0.15, 0.2) is 60.0 Å². The molecular formula is C17H13F3N5O. The molecule has 0 saturated heterocycles. The van der Waals surface area contributed by atoms with Crippen LogP contribution < -0.4 is 10.2 Å². The summed E-state index contributed by atoms with van der Waals surface area (Å²) in [6.45, 7) is 0. The lowest BCUT2D eigenvalue weighted by molar-refractivity contribution is -0.274. The van der Waals surface area contributed by atoms with Gasteiger partial charge in [-0.05, 0) is 29.8 Å². The van der Waals surface area contributed by atoms with Crippen LogP contribution in [0.5, 0.6) is 5.75 Å². The van der Waals surface area contributed by atoms with Crippen LogP contribution in [-0.4, -0.2) is 27.3 Å². The number of nitrogens with one attached hydrogen (secondary N) is 1. The van der Waals surface area contributed by atoms with E-state index in [-0.39, 0.29) is 5.75 Å². The van der Waals surface area contributed by atoms with Gasteiger partial charge >= 0.3 is 6.36 Å². The highest BCUT2D eigenvalue weighted by Gasteiger charge is 2.30. The van der Waals surface area contributed by atoms with E-state index >= 15 is 0 Å². The number of hydrogen-bond acceptors (Lipinski definition) is 5. The molecular weight excluding hydrogens is 347 g/mol. The van der Waals surface area contributed by atoms with Crippen molar-refractivity contribution in [3.05, 3.63) is 67.5 Å². The average molecular weight is 360 g/mol. The fraction of sp³-hybridized carbons (Fsp3) is 0.0588. The first-order chi connectivity index (χ1) is 12.4. The summed E-state index contributed by atoms with van der Waals surface area (Å²) in [5.74, 6) is 0.190. The number of rotatable bonds is 5. The monoisotopic (exact) mass is 360 g/mol. The minimum atomic E-state index is -4.72. The summed E-state index contributed by atoms with van der Waals surface area (Å²) in [6.07, 6.45) is -1.62. The molecule has 3 aromatic rings. The van der Waals surface area contributed by atoms with Gasteiger partial charge in [0.05, 0.1) is 18.9 Å². The van der Waals surface area contributed by atoms with Gasteiger partial charge in [-0.2, -0.15) is 5.10 Å². The minimum absolute atomic E-state index is 0.296. The van der Waals surface area contributed by atoms with Crippen LogP contribution >= 0.6 is 0 Å². The van der Waals surface area contributed by atoms with Crippen molar-refractivity contribution in [2.45, 2.75) is 6.36 Å². The van der Waals surface area contributed by atoms with Gasteiger partial charge in [-0.25, -0.2) is 9.67 Å². The molecule has 3 rings (SSSR count). The van der Waals surface area contributed by atoms with Gasteiger partial charge in [0.2, 0.25) is 0 Å². The van der Waals surface area contributed by atoms with Crippen molar-refractivity contribution in [3.8, 4) is 22.8 Å². The van der Waals surface area contributed by atoms with Gasteiger partial charge in [0.1, 0.15) is 12.1 Å². The van der Waals surface area contributed by atoms with Crippen molar-refractivity contribution in [1.82, 2.24) is 20.2 Å². The first-order valence-electron chi connectivity index (χ1n) is 7.38. The van der Waals surface area contributed by atoms with E-state index in [1.54, 1.807) is 6.21 Å². The lowest BCUT2D eigenvalue weighted by Crippen LogP contribution is -2.17. The third-order valence-electron chi connectivity index (χ3n) is 3.30. The zero-order chi connectivity index (χ0) is 18.6. The maximum absolute atomic E-state index is 12.2. The number of aromatic nitrogens is 3. The van der Waals surface area contributed by atoms with Crippen molar-refractivity contribution in [3.63, 3.8) is 0 Å². The van der Waals surface area contributed by atoms with Crippen LogP contribution in [-0.2, 0) is 0 Å². The molecule has 0 unspecified atom stereocenters. The van der Waals surface area contributed by atoms with Gasteiger partial charge in [0.15, 0.2) is 5.82 Å². The first kappa shape index (κ1) is 17.5. The Morgan fingerprint density at radius 2 is 1.77 bits per heavy atom. The molecule has 0 aliphatic rings. The van der Waals surface area contributed by atoms with Gasteiger partial charge in [-0.1, -0.05) is 24.3 Å². The molecule has 0 atom stereocenters. The van der Waals surface area contributed by atoms with E-state index in [9.17, 15) is 13.2 Å². The molecule has 2 aromatic carbocycles. The van der Waals surface area contributed by atoms with Gasteiger partial charge in [0, 0.05) is 5.56 Å². The minimum Gasteiger partial charge on any atom is -0.406 e. The number of hydrazone groups is 1. The standard InChI is InChI=1S/C17H13F3N5O/c1-21-23-10-12-2-4-13(5-3-12)16-22-11-25(24-16)14-6-8-15(9-7-14)26-17(18,19)20/h2-11,21H,1H2/b23-10+. The Balaban J connectivity index is 1.76. The number of ether oxygens (including phenoxy) is 1. The molecule has 1 N–H and O–H groups in total. The van der Waals surface area contributed by atoms with Crippen molar-refractivity contribution < 1.29 is 17.9 Å². The molecule has 0 fully saturated rings. The van der Waals surface area contributed by atoms with Crippen LogP contribution in [0.2, 0.25) is 0 Å². The maximum atomic E-state index is 12.2. The zero-order valence-electron chi connectivity index (χ0n) is 13.3. The number of nitrogens with zero attached hydrogens (tertiary/aromatic N) is 4. The summed E-state index contributed by atoms with van der Waals surface area (Å²) in [7, 11) is 3.39. The van der Waals surface area contributed by atoms with Crippen LogP contribution in [0.1, 0.15) is 5.56 Å². The summed E-state index contributed by atoms with van der Waals surface area (Å²) < 4.78 is 41.9. The van der Waals surface area contributed by atoms with Gasteiger partial charge < -0.3 is 10.2 Å². The molecule has 0 amide bonds. The Morgan fingerprint density at radius 1 is 1.08 bits per heavy atom. The second-order valence-electron chi connectivity index (χ2n) is 5.09. The molecule has 26 heavy (non-hydrogen) atoms. The zero-order valence-corrected chi connectivity index (χ0v) is 13.3. The third kappa shape index (κ3) is 4.38. The summed E-state index contributed by atoms with van der Waals surface area (Å²) in [5.41, 5.74) is 4.65. The molecule has 0 aliphatic carbocycles. The van der Waals surface area contributed by atoms with Crippen LogP contribution in [0.3, 0.4) is 0 Å². The van der Waals surface area contributed by atoms with Crippen LogP contribution in [0, 0.1) is 7.05 Å².